The summed E-state index contributed by atoms with van der Waals surface area (Å²) in [6.07, 6.45) is 4.07. The van der Waals surface area contributed by atoms with Gasteiger partial charge in [-0.1, -0.05) is 20.3 Å². The quantitative estimate of drug-likeness (QED) is 0.580. The average molecular weight is 211 g/mol. The maximum Gasteiger partial charge on any atom is 0.135 e. The topological polar surface area (TPSA) is 62.8 Å². The van der Waals surface area contributed by atoms with E-state index in [0.717, 1.165) is 41.3 Å². The van der Waals surface area contributed by atoms with E-state index in [0.29, 0.717) is 0 Å². The van der Waals surface area contributed by atoms with E-state index < -0.39 is 0 Å². The van der Waals surface area contributed by atoms with Gasteiger partial charge in [-0.05, 0) is 19.3 Å². The molecule has 0 aliphatic carbocycles. The predicted molar refractivity (Wildman–Crippen MR) is 61.1 cm³/mol. The number of nitrogen functional groups attached to an aromatic ring is 1. The lowest BCUT2D eigenvalue weighted by Gasteiger charge is -1.96. The first kappa shape index (κ1) is 11.2. The number of aryl methyl sites for hydroxylation is 2. The second-order valence-corrected chi connectivity index (χ2v) is 4.38. The Morgan fingerprint density at radius 2 is 2.00 bits per heavy atom. The number of nitrogens with one attached hydrogen (secondary N) is 1. The van der Waals surface area contributed by atoms with Crippen molar-refractivity contribution in [1.82, 2.24) is 4.98 Å². The van der Waals surface area contributed by atoms with E-state index in [9.17, 15) is 0 Å². The Morgan fingerprint density at radius 3 is 2.50 bits per heavy atom. The molecule has 0 amide bonds. The van der Waals surface area contributed by atoms with Crippen molar-refractivity contribution < 1.29 is 0 Å². The molecule has 0 aromatic carbocycles. The summed E-state index contributed by atoms with van der Waals surface area (Å²) in [4.78, 5) is 5.38. The van der Waals surface area contributed by atoms with Gasteiger partial charge in [-0.3, -0.25) is 5.41 Å². The molecule has 1 aromatic heterocycles. The number of hydrogen-bond acceptors (Lipinski definition) is 3. The number of rotatable bonds is 5. The lowest BCUT2D eigenvalue weighted by Crippen LogP contribution is -2.11. The third-order valence-electron chi connectivity index (χ3n) is 1.94. The van der Waals surface area contributed by atoms with E-state index in [1.165, 1.54) is 0 Å². The molecule has 1 heterocycles. The molecule has 0 atom stereocenters. The number of amidine groups is 1. The molecular weight excluding hydrogens is 194 g/mol. The molecule has 78 valence electrons. The van der Waals surface area contributed by atoms with Gasteiger partial charge in [-0.2, -0.15) is 0 Å². The van der Waals surface area contributed by atoms with Crippen molar-refractivity contribution in [2.75, 3.05) is 0 Å². The number of nitrogens with zero attached hydrogens (tertiary/aromatic N) is 1. The Hall–Kier alpha value is -0.900. The zero-order valence-corrected chi connectivity index (χ0v) is 9.58. The molecule has 0 aliphatic heterocycles. The van der Waals surface area contributed by atoms with Crippen molar-refractivity contribution in [2.45, 2.75) is 39.5 Å². The van der Waals surface area contributed by atoms with Gasteiger partial charge in [0.25, 0.3) is 0 Å². The number of hydrogen-bond donors (Lipinski definition) is 2. The lowest BCUT2D eigenvalue weighted by molar-refractivity contribution is 0.856. The van der Waals surface area contributed by atoms with Crippen LogP contribution in [0.1, 0.15) is 42.3 Å². The van der Waals surface area contributed by atoms with Crippen molar-refractivity contribution in [3.8, 4) is 0 Å². The van der Waals surface area contributed by atoms with E-state index in [1.54, 1.807) is 11.3 Å². The molecule has 0 unspecified atom stereocenters. The highest BCUT2D eigenvalue weighted by Crippen LogP contribution is 2.20. The maximum absolute atomic E-state index is 7.45. The molecule has 1 aromatic rings. The summed E-state index contributed by atoms with van der Waals surface area (Å²) in [6, 6.07) is 0. The molecule has 0 aliphatic rings. The van der Waals surface area contributed by atoms with Crippen molar-refractivity contribution in [2.24, 2.45) is 5.73 Å². The molecule has 0 radical (unpaired) electrons. The lowest BCUT2D eigenvalue weighted by atomic mass is 10.2. The second kappa shape index (κ2) is 5.10. The summed E-state index contributed by atoms with van der Waals surface area (Å²) in [5.74, 6) is 0.160. The molecule has 4 heteroatoms. The van der Waals surface area contributed by atoms with E-state index in [1.807, 2.05) is 0 Å². The van der Waals surface area contributed by atoms with Gasteiger partial charge in [0.2, 0.25) is 0 Å². The van der Waals surface area contributed by atoms with Crippen LogP contribution in [0, 0.1) is 5.41 Å². The summed E-state index contributed by atoms with van der Waals surface area (Å²) in [5, 5.41) is 8.56. The number of nitrogens with two attached hydrogens (primary N) is 1. The second-order valence-electron chi connectivity index (χ2n) is 3.30. The van der Waals surface area contributed by atoms with Crippen molar-refractivity contribution in [3.63, 3.8) is 0 Å². The molecule has 0 saturated heterocycles. The van der Waals surface area contributed by atoms with E-state index in [-0.39, 0.29) is 5.84 Å². The SMILES string of the molecule is CCCc1nc(CCC)c(C(=N)N)s1. The van der Waals surface area contributed by atoms with Gasteiger partial charge in [-0.15, -0.1) is 11.3 Å². The summed E-state index contributed by atoms with van der Waals surface area (Å²) in [7, 11) is 0. The van der Waals surface area contributed by atoms with Gasteiger partial charge in [0.15, 0.2) is 0 Å². The first-order valence-electron chi connectivity index (χ1n) is 5.02. The van der Waals surface area contributed by atoms with Crippen LogP contribution in [-0.2, 0) is 12.8 Å². The Balaban J connectivity index is 2.93. The highest BCUT2D eigenvalue weighted by atomic mass is 32.1. The van der Waals surface area contributed by atoms with Crippen molar-refractivity contribution in [3.05, 3.63) is 15.6 Å². The van der Waals surface area contributed by atoms with E-state index >= 15 is 0 Å². The Bertz CT molecular complexity index is 317. The molecule has 3 N–H and O–H groups in total. The Kier molecular flexibility index (Phi) is 4.07. The first-order valence-corrected chi connectivity index (χ1v) is 5.83. The minimum absolute atomic E-state index is 0.160. The highest BCUT2D eigenvalue weighted by Gasteiger charge is 2.11. The van der Waals surface area contributed by atoms with Gasteiger partial charge >= 0.3 is 0 Å². The molecule has 0 saturated carbocycles. The zero-order chi connectivity index (χ0) is 10.6. The summed E-state index contributed by atoms with van der Waals surface area (Å²) in [6.45, 7) is 4.25. The fourth-order valence-electron chi connectivity index (χ4n) is 1.34. The molecule has 3 nitrogen and oxygen atoms in total. The third-order valence-corrected chi connectivity index (χ3v) is 3.13. The van der Waals surface area contributed by atoms with Crippen LogP contribution in [0.3, 0.4) is 0 Å². The van der Waals surface area contributed by atoms with Gasteiger partial charge in [-0.25, -0.2) is 4.98 Å². The van der Waals surface area contributed by atoms with Crippen LogP contribution >= 0.6 is 11.3 Å². The van der Waals surface area contributed by atoms with Crippen LogP contribution < -0.4 is 5.73 Å². The summed E-state index contributed by atoms with van der Waals surface area (Å²) < 4.78 is 0. The molecule has 0 bridgehead atoms. The first-order chi connectivity index (χ1) is 6.69. The van der Waals surface area contributed by atoms with Crippen LogP contribution in [0.5, 0.6) is 0 Å². The fraction of sp³-hybridized carbons (Fsp3) is 0.600. The van der Waals surface area contributed by atoms with Crippen LogP contribution in [0.25, 0.3) is 0 Å². The van der Waals surface area contributed by atoms with Gasteiger partial charge < -0.3 is 5.73 Å². The van der Waals surface area contributed by atoms with Crippen LogP contribution in [0.4, 0.5) is 0 Å². The number of thiazole rings is 1. The van der Waals surface area contributed by atoms with Crippen LogP contribution in [-0.4, -0.2) is 10.8 Å². The van der Waals surface area contributed by atoms with E-state index in [2.05, 4.69) is 18.8 Å². The monoisotopic (exact) mass is 211 g/mol. The third kappa shape index (κ3) is 2.54. The van der Waals surface area contributed by atoms with Crippen molar-refractivity contribution >= 4 is 17.2 Å². The van der Waals surface area contributed by atoms with Gasteiger partial charge in [0.05, 0.1) is 15.6 Å². The molecular formula is C10H17N3S. The Labute approximate surface area is 88.9 Å². The largest absolute Gasteiger partial charge is 0.383 e. The summed E-state index contributed by atoms with van der Waals surface area (Å²) in [5.41, 5.74) is 6.52. The summed E-state index contributed by atoms with van der Waals surface area (Å²) >= 11 is 1.57. The average Bonchev–Trinajstić information content (AvgIpc) is 2.49. The molecule has 1 rings (SSSR count). The zero-order valence-electron chi connectivity index (χ0n) is 8.76. The fourth-order valence-corrected chi connectivity index (χ4v) is 2.41. The molecule has 14 heavy (non-hydrogen) atoms. The van der Waals surface area contributed by atoms with Crippen molar-refractivity contribution in [1.29, 1.82) is 5.41 Å². The number of aromatic nitrogens is 1. The van der Waals surface area contributed by atoms with E-state index in [4.69, 9.17) is 11.1 Å². The van der Waals surface area contributed by atoms with Crippen LogP contribution in [0.2, 0.25) is 0 Å². The van der Waals surface area contributed by atoms with Crippen LogP contribution in [0.15, 0.2) is 0 Å². The standard InChI is InChI=1S/C10H17N3S/c1-3-5-7-9(10(11)12)14-8(13-7)6-4-2/h3-6H2,1-2H3,(H3,11,12). The highest BCUT2D eigenvalue weighted by molar-refractivity contribution is 7.13. The minimum atomic E-state index is 0.160. The Morgan fingerprint density at radius 1 is 1.36 bits per heavy atom. The molecule has 0 fully saturated rings. The maximum atomic E-state index is 7.45. The smallest absolute Gasteiger partial charge is 0.135 e. The normalized spacial score (nSPS) is 10.4. The van der Waals surface area contributed by atoms with Gasteiger partial charge in [0, 0.05) is 0 Å². The predicted octanol–water partition coefficient (Wildman–Crippen LogP) is 2.33. The molecule has 0 spiro atoms. The van der Waals surface area contributed by atoms with Gasteiger partial charge in [0.1, 0.15) is 5.84 Å². The minimum Gasteiger partial charge on any atom is -0.383 e.